The fourth-order valence-corrected chi connectivity index (χ4v) is 0.359. The average Bonchev–Trinajstić information content (AvgIpc) is 1.90. The van der Waals surface area contributed by atoms with Crippen LogP contribution in [-0.2, 0) is 0 Å². The van der Waals surface area contributed by atoms with Crippen LogP contribution in [0.1, 0.15) is 19.8 Å². The van der Waals surface area contributed by atoms with Gasteiger partial charge in [-0.1, -0.05) is 13.0 Å². The molecule has 0 aliphatic heterocycles. The van der Waals surface area contributed by atoms with E-state index >= 15 is 0 Å². The summed E-state index contributed by atoms with van der Waals surface area (Å²) < 4.78 is 0. The molecule has 0 aromatic carbocycles. The lowest BCUT2D eigenvalue weighted by Crippen LogP contribution is -2.00. The van der Waals surface area contributed by atoms with Crippen molar-refractivity contribution in [2.45, 2.75) is 25.9 Å². The second-order valence-electron chi connectivity index (χ2n) is 2.09. The first kappa shape index (κ1) is 12.3. The lowest BCUT2D eigenvalue weighted by Gasteiger charge is -1.99. The number of aliphatic hydroxyl groups is 1. The molecule has 0 bridgehead atoms. The largest absolute Gasteiger partial charge is 0.393 e. The van der Waals surface area contributed by atoms with Crippen LogP contribution in [0, 0.1) is 0 Å². The fraction of sp³-hybridized carbons (Fsp3) is 0.750. The summed E-state index contributed by atoms with van der Waals surface area (Å²) in [5, 5.41) is 11.5. The second kappa shape index (κ2) is 11.5. The van der Waals surface area contributed by atoms with Crippen LogP contribution in [-0.4, -0.2) is 25.3 Å². The molecule has 0 fully saturated rings. The molecule has 10 heavy (non-hydrogen) atoms. The lowest BCUT2D eigenvalue weighted by atomic mass is 10.2. The minimum Gasteiger partial charge on any atom is -0.393 e. The van der Waals surface area contributed by atoms with Crippen LogP contribution < -0.4 is 5.32 Å². The summed E-state index contributed by atoms with van der Waals surface area (Å²) in [5.41, 5.74) is 0. The predicted molar refractivity (Wildman–Crippen MR) is 46.1 cm³/mol. The van der Waals surface area contributed by atoms with E-state index in [9.17, 15) is 0 Å². The molecule has 2 nitrogen and oxygen atoms in total. The molecule has 62 valence electrons. The zero-order valence-electron chi connectivity index (χ0n) is 7.22. The van der Waals surface area contributed by atoms with Gasteiger partial charge >= 0.3 is 0 Å². The Morgan fingerprint density at radius 2 is 2.00 bits per heavy atom. The van der Waals surface area contributed by atoms with E-state index in [1.165, 1.54) is 0 Å². The zero-order valence-corrected chi connectivity index (χ0v) is 7.22. The van der Waals surface area contributed by atoms with Crippen LogP contribution in [0.25, 0.3) is 0 Å². The Kier molecular flexibility index (Phi) is 14.1. The smallest absolute Gasteiger partial charge is 0.0571 e. The van der Waals surface area contributed by atoms with Crippen LogP contribution >= 0.6 is 0 Å². The van der Waals surface area contributed by atoms with Gasteiger partial charge in [0.15, 0.2) is 0 Å². The van der Waals surface area contributed by atoms with Gasteiger partial charge < -0.3 is 10.4 Å². The highest BCUT2D eigenvalue weighted by atomic mass is 16.3. The van der Waals surface area contributed by atoms with Crippen molar-refractivity contribution in [3.63, 3.8) is 0 Å². The van der Waals surface area contributed by atoms with E-state index < -0.39 is 0 Å². The highest BCUT2D eigenvalue weighted by molar-refractivity contribution is 4.70. The van der Waals surface area contributed by atoms with Crippen molar-refractivity contribution in [3.8, 4) is 0 Å². The Hall–Kier alpha value is -0.340. The second-order valence-corrected chi connectivity index (χ2v) is 2.09. The lowest BCUT2D eigenvalue weighted by molar-refractivity contribution is 0.174. The van der Waals surface area contributed by atoms with Crippen LogP contribution in [0.3, 0.4) is 0 Å². The number of rotatable bonds is 3. The van der Waals surface area contributed by atoms with Crippen molar-refractivity contribution >= 4 is 0 Å². The van der Waals surface area contributed by atoms with Crippen molar-refractivity contribution in [1.29, 1.82) is 0 Å². The van der Waals surface area contributed by atoms with E-state index in [-0.39, 0.29) is 6.10 Å². The molecule has 0 aromatic rings. The standard InChI is InChI=1S/C6H12O.C2H7N/c1-3-5-6(7)4-2;1-3-2/h3,6-7H,1,4-5H2,2H3;3H,1-2H3. The summed E-state index contributed by atoms with van der Waals surface area (Å²) >= 11 is 0. The Balaban J connectivity index is 0. The molecule has 2 N–H and O–H groups in total. The summed E-state index contributed by atoms with van der Waals surface area (Å²) in [7, 11) is 3.75. The molecular weight excluding hydrogens is 126 g/mol. The molecule has 0 rings (SSSR count). The van der Waals surface area contributed by atoms with Crippen LogP contribution in [0.15, 0.2) is 12.7 Å². The Labute approximate surface area is 64.0 Å². The van der Waals surface area contributed by atoms with Crippen molar-refractivity contribution in [2.75, 3.05) is 14.1 Å². The van der Waals surface area contributed by atoms with Crippen molar-refractivity contribution in [1.82, 2.24) is 5.32 Å². The molecule has 0 saturated heterocycles. The van der Waals surface area contributed by atoms with Gasteiger partial charge in [0, 0.05) is 0 Å². The third-order valence-corrected chi connectivity index (χ3v) is 0.910. The average molecular weight is 145 g/mol. The van der Waals surface area contributed by atoms with Crippen molar-refractivity contribution in [2.24, 2.45) is 0 Å². The highest BCUT2D eigenvalue weighted by Crippen LogP contribution is 1.94. The Morgan fingerprint density at radius 3 is 2.10 bits per heavy atom. The quantitative estimate of drug-likeness (QED) is 0.584. The first-order valence-electron chi connectivity index (χ1n) is 3.60. The molecule has 1 unspecified atom stereocenters. The third-order valence-electron chi connectivity index (χ3n) is 0.910. The maximum Gasteiger partial charge on any atom is 0.0571 e. The van der Waals surface area contributed by atoms with Gasteiger partial charge in [0.2, 0.25) is 0 Å². The van der Waals surface area contributed by atoms with Gasteiger partial charge in [0.25, 0.3) is 0 Å². The molecule has 0 saturated carbocycles. The Morgan fingerprint density at radius 1 is 1.60 bits per heavy atom. The van der Waals surface area contributed by atoms with Crippen LogP contribution in [0.4, 0.5) is 0 Å². The summed E-state index contributed by atoms with van der Waals surface area (Å²) in [6.07, 6.45) is 3.11. The van der Waals surface area contributed by atoms with Gasteiger partial charge in [0.1, 0.15) is 0 Å². The van der Waals surface area contributed by atoms with Gasteiger partial charge in [-0.15, -0.1) is 6.58 Å². The fourth-order valence-electron chi connectivity index (χ4n) is 0.359. The molecule has 0 spiro atoms. The number of aliphatic hydroxyl groups excluding tert-OH is 1. The molecular formula is C8H19NO. The monoisotopic (exact) mass is 145 g/mol. The van der Waals surface area contributed by atoms with E-state index in [2.05, 4.69) is 11.9 Å². The molecule has 0 radical (unpaired) electrons. The maximum atomic E-state index is 8.79. The molecule has 0 heterocycles. The summed E-state index contributed by atoms with van der Waals surface area (Å²) in [4.78, 5) is 0. The molecule has 0 amide bonds. The van der Waals surface area contributed by atoms with E-state index in [1.807, 2.05) is 21.0 Å². The van der Waals surface area contributed by atoms with Crippen LogP contribution in [0.5, 0.6) is 0 Å². The summed E-state index contributed by atoms with van der Waals surface area (Å²) in [6.45, 7) is 5.44. The summed E-state index contributed by atoms with van der Waals surface area (Å²) in [6, 6.07) is 0. The minimum absolute atomic E-state index is 0.169. The molecule has 0 aliphatic rings. The molecule has 2 heteroatoms. The zero-order chi connectivity index (χ0) is 8.41. The van der Waals surface area contributed by atoms with Gasteiger partial charge in [-0.25, -0.2) is 0 Å². The van der Waals surface area contributed by atoms with E-state index in [0.29, 0.717) is 0 Å². The van der Waals surface area contributed by atoms with Crippen LogP contribution in [0.2, 0.25) is 0 Å². The van der Waals surface area contributed by atoms with E-state index in [4.69, 9.17) is 5.11 Å². The number of nitrogens with one attached hydrogen (secondary N) is 1. The van der Waals surface area contributed by atoms with Gasteiger partial charge in [-0.2, -0.15) is 0 Å². The molecule has 1 atom stereocenters. The first-order chi connectivity index (χ1) is 4.72. The van der Waals surface area contributed by atoms with E-state index in [0.717, 1.165) is 12.8 Å². The van der Waals surface area contributed by atoms with Gasteiger partial charge in [-0.05, 0) is 26.9 Å². The first-order valence-corrected chi connectivity index (χ1v) is 3.60. The van der Waals surface area contributed by atoms with Crippen molar-refractivity contribution in [3.05, 3.63) is 12.7 Å². The van der Waals surface area contributed by atoms with E-state index in [1.54, 1.807) is 6.08 Å². The topological polar surface area (TPSA) is 32.3 Å². The number of hydrogen-bond acceptors (Lipinski definition) is 2. The number of hydrogen-bond donors (Lipinski definition) is 2. The molecule has 0 aromatic heterocycles. The summed E-state index contributed by atoms with van der Waals surface area (Å²) in [5.74, 6) is 0. The van der Waals surface area contributed by atoms with Gasteiger partial charge in [0.05, 0.1) is 6.10 Å². The van der Waals surface area contributed by atoms with Crippen molar-refractivity contribution < 1.29 is 5.11 Å². The SMILES string of the molecule is C=CCC(O)CC.CNC. The predicted octanol–water partition coefficient (Wildman–Crippen LogP) is 1.17. The highest BCUT2D eigenvalue weighted by Gasteiger charge is 1.92. The maximum absolute atomic E-state index is 8.79. The Bertz CT molecular complexity index is 64.3. The normalized spacial score (nSPS) is 11.2. The van der Waals surface area contributed by atoms with Gasteiger partial charge in [-0.3, -0.25) is 0 Å². The third kappa shape index (κ3) is 15.6. The minimum atomic E-state index is -0.169. The molecule has 0 aliphatic carbocycles.